The highest BCUT2D eigenvalue weighted by Gasteiger charge is 2.52. The van der Waals surface area contributed by atoms with Gasteiger partial charge in [-0.1, -0.05) is 23.7 Å². The van der Waals surface area contributed by atoms with Crippen LogP contribution in [-0.4, -0.2) is 23.3 Å². The van der Waals surface area contributed by atoms with Crippen LogP contribution in [0.4, 0.5) is 0 Å². The van der Waals surface area contributed by atoms with Crippen molar-refractivity contribution in [3.8, 4) is 0 Å². The molecule has 1 aliphatic heterocycles. The number of halogens is 1. The van der Waals surface area contributed by atoms with Crippen LogP contribution in [0.15, 0.2) is 24.8 Å². The fourth-order valence-electron chi connectivity index (χ4n) is 1.97. The third kappa shape index (κ3) is 2.71. The van der Waals surface area contributed by atoms with E-state index in [4.69, 9.17) is 20.9 Å². The highest BCUT2D eigenvalue weighted by Crippen LogP contribution is 2.36. The van der Waals surface area contributed by atoms with Crippen molar-refractivity contribution in [2.45, 2.75) is 45.3 Å². The monoisotopic (exact) mass is 279 g/mol. The molecule has 0 N–H and O–H groups in total. The molecule has 5 heteroatoms. The average molecular weight is 280 g/mol. The summed E-state index contributed by atoms with van der Waals surface area (Å²) in [7, 11) is -0.412. The van der Waals surface area contributed by atoms with Gasteiger partial charge in [0.25, 0.3) is 0 Å². The van der Waals surface area contributed by atoms with Crippen molar-refractivity contribution >= 4 is 24.2 Å². The Morgan fingerprint density at radius 3 is 2.37 bits per heavy atom. The van der Waals surface area contributed by atoms with Gasteiger partial charge < -0.3 is 9.31 Å². The molecular formula is C14H19BClNO2. The second-order valence-corrected chi connectivity index (χ2v) is 6.14. The molecule has 3 nitrogen and oxygen atoms in total. The molecule has 0 aliphatic carbocycles. The maximum absolute atomic E-state index is 6.04. The van der Waals surface area contributed by atoms with Gasteiger partial charge in [0, 0.05) is 17.6 Å². The Balaban J connectivity index is 2.36. The number of pyridine rings is 1. The number of hydrogen-bond donors (Lipinski definition) is 0. The van der Waals surface area contributed by atoms with Crippen molar-refractivity contribution < 1.29 is 9.31 Å². The lowest BCUT2D eigenvalue weighted by Gasteiger charge is -2.32. The lowest BCUT2D eigenvalue weighted by atomic mass is 9.77. The van der Waals surface area contributed by atoms with E-state index in [1.807, 2.05) is 33.8 Å². The Morgan fingerprint density at radius 1 is 1.26 bits per heavy atom. The highest BCUT2D eigenvalue weighted by molar-refractivity contribution is 6.62. The summed E-state index contributed by atoms with van der Waals surface area (Å²) < 4.78 is 12.1. The molecule has 0 atom stereocenters. The minimum atomic E-state index is -0.412. The van der Waals surface area contributed by atoms with Crippen LogP contribution in [0.25, 0.3) is 0 Å². The summed E-state index contributed by atoms with van der Waals surface area (Å²) in [5, 5.41) is 0.470. The van der Waals surface area contributed by atoms with Crippen molar-refractivity contribution in [1.82, 2.24) is 4.98 Å². The lowest BCUT2D eigenvalue weighted by molar-refractivity contribution is 0.00578. The van der Waals surface area contributed by atoms with Crippen molar-refractivity contribution in [3.05, 3.63) is 35.6 Å². The number of rotatable bonds is 3. The topological polar surface area (TPSA) is 31.4 Å². The maximum Gasteiger partial charge on any atom is 0.496 e. The zero-order valence-corrected chi connectivity index (χ0v) is 12.6. The molecule has 2 heterocycles. The molecule has 0 radical (unpaired) electrons. The molecule has 0 aromatic carbocycles. The molecule has 1 saturated heterocycles. The van der Waals surface area contributed by atoms with Crippen molar-refractivity contribution in [1.29, 1.82) is 0 Å². The third-order valence-electron chi connectivity index (χ3n) is 3.82. The van der Waals surface area contributed by atoms with E-state index in [0.717, 1.165) is 11.2 Å². The van der Waals surface area contributed by atoms with Crippen molar-refractivity contribution in [2.24, 2.45) is 0 Å². The Morgan fingerprint density at radius 2 is 1.84 bits per heavy atom. The van der Waals surface area contributed by atoms with Crippen LogP contribution in [0.1, 0.15) is 33.4 Å². The molecule has 0 amide bonds. The minimum absolute atomic E-state index is 0.358. The Bertz CT molecular complexity index is 486. The van der Waals surface area contributed by atoms with E-state index >= 15 is 0 Å². The summed E-state index contributed by atoms with van der Waals surface area (Å²) in [5.74, 6) is 0. The lowest BCUT2D eigenvalue weighted by Crippen LogP contribution is -2.41. The van der Waals surface area contributed by atoms with Crippen LogP contribution in [0.3, 0.4) is 0 Å². The normalized spacial score (nSPS) is 20.6. The maximum atomic E-state index is 6.04. The predicted octanol–water partition coefficient (Wildman–Crippen LogP) is 2.76. The Labute approximate surface area is 120 Å². The van der Waals surface area contributed by atoms with Crippen LogP contribution < -0.4 is 5.46 Å². The molecule has 1 aromatic rings. The second kappa shape index (κ2) is 4.93. The third-order valence-corrected chi connectivity index (χ3v) is 4.03. The smallest absolute Gasteiger partial charge is 0.399 e. The highest BCUT2D eigenvalue weighted by atomic mass is 35.5. The zero-order valence-electron chi connectivity index (χ0n) is 11.9. The largest absolute Gasteiger partial charge is 0.496 e. The first-order valence-corrected chi connectivity index (χ1v) is 6.76. The van der Waals surface area contributed by atoms with Crippen LogP contribution in [0, 0.1) is 0 Å². The first kappa shape index (κ1) is 14.6. The van der Waals surface area contributed by atoms with E-state index in [2.05, 4.69) is 11.6 Å². The van der Waals surface area contributed by atoms with Gasteiger partial charge in [0.05, 0.1) is 11.2 Å². The van der Waals surface area contributed by atoms with Gasteiger partial charge in [0.15, 0.2) is 0 Å². The summed E-state index contributed by atoms with van der Waals surface area (Å²) in [5.41, 5.74) is 1.05. The van der Waals surface area contributed by atoms with Gasteiger partial charge in [-0.05, 0) is 33.8 Å². The number of nitrogens with zero attached hydrogens (tertiary/aromatic N) is 1. The zero-order chi connectivity index (χ0) is 14.3. The summed E-state index contributed by atoms with van der Waals surface area (Å²) in [6.45, 7) is 11.9. The van der Waals surface area contributed by atoms with Gasteiger partial charge in [-0.2, -0.15) is 0 Å². The van der Waals surface area contributed by atoms with E-state index < -0.39 is 7.12 Å². The summed E-state index contributed by atoms with van der Waals surface area (Å²) in [4.78, 5) is 4.34. The summed E-state index contributed by atoms with van der Waals surface area (Å²) in [6.07, 6.45) is 2.44. The summed E-state index contributed by atoms with van der Waals surface area (Å²) >= 11 is 5.94. The molecule has 0 spiro atoms. The molecule has 102 valence electrons. The molecule has 19 heavy (non-hydrogen) atoms. The molecule has 1 aliphatic rings. The van der Waals surface area contributed by atoms with Gasteiger partial charge in [-0.15, -0.1) is 6.58 Å². The number of hydrogen-bond acceptors (Lipinski definition) is 3. The number of allylic oxidation sites excluding steroid dienone is 1. The van der Waals surface area contributed by atoms with Crippen molar-refractivity contribution in [2.75, 3.05) is 0 Å². The first-order chi connectivity index (χ1) is 8.77. The standard InChI is InChI=1S/C14H19BClNO2/c1-6-7-11-10(8-9-12(16)17-11)15-18-13(2,3)14(4,5)19-15/h6,8-9H,1,7H2,2-5H3. The minimum Gasteiger partial charge on any atom is -0.399 e. The van der Waals surface area contributed by atoms with Gasteiger partial charge in [-0.25, -0.2) is 4.98 Å². The van der Waals surface area contributed by atoms with Crippen molar-refractivity contribution in [3.63, 3.8) is 0 Å². The molecule has 1 aromatic heterocycles. The fourth-order valence-corrected chi connectivity index (χ4v) is 2.14. The van der Waals surface area contributed by atoms with Crippen LogP contribution >= 0.6 is 11.6 Å². The van der Waals surface area contributed by atoms with Gasteiger partial charge in [-0.3, -0.25) is 0 Å². The van der Waals surface area contributed by atoms with Crippen LogP contribution in [-0.2, 0) is 15.7 Å². The molecule has 0 bridgehead atoms. The quantitative estimate of drug-likeness (QED) is 0.484. The van der Waals surface area contributed by atoms with E-state index in [1.54, 1.807) is 12.1 Å². The van der Waals surface area contributed by atoms with E-state index in [0.29, 0.717) is 11.6 Å². The number of aromatic nitrogens is 1. The van der Waals surface area contributed by atoms with Gasteiger partial charge in [0.1, 0.15) is 5.15 Å². The first-order valence-electron chi connectivity index (χ1n) is 6.39. The molecular weight excluding hydrogens is 260 g/mol. The van der Waals surface area contributed by atoms with Crippen LogP contribution in [0.5, 0.6) is 0 Å². The van der Waals surface area contributed by atoms with E-state index in [-0.39, 0.29) is 11.2 Å². The van der Waals surface area contributed by atoms with Crippen LogP contribution in [0.2, 0.25) is 5.15 Å². The predicted molar refractivity (Wildman–Crippen MR) is 78.9 cm³/mol. The molecule has 1 fully saturated rings. The SMILES string of the molecule is C=CCc1nc(Cl)ccc1B1OC(C)(C)C(C)(C)O1. The molecule has 2 rings (SSSR count). The van der Waals surface area contributed by atoms with E-state index in [9.17, 15) is 0 Å². The Hall–Kier alpha value is -0.835. The summed E-state index contributed by atoms with van der Waals surface area (Å²) in [6, 6.07) is 3.67. The fraction of sp³-hybridized carbons (Fsp3) is 0.500. The molecule has 0 unspecified atom stereocenters. The molecule has 0 saturated carbocycles. The van der Waals surface area contributed by atoms with Gasteiger partial charge >= 0.3 is 7.12 Å². The Kier molecular flexibility index (Phi) is 3.78. The average Bonchev–Trinajstić information content (AvgIpc) is 2.48. The second-order valence-electron chi connectivity index (χ2n) is 5.75. The van der Waals surface area contributed by atoms with E-state index in [1.165, 1.54) is 0 Å². The van der Waals surface area contributed by atoms with Gasteiger partial charge in [0.2, 0.25) is 0 Å².